The number of nitrogens with one attached hydrogen (secondary N) is 2. The number of nitro groups is 1. The molecule has 0 saturated carbocycles. The second-order valence-corrected chi connectivity index (χ2v) is 7.69. The molecule has 0 fully saturated rings. The number of amides is 2. The molecule has 184 valence electrons. The molecule has 0 bridgehead atoms. The van der Waals surface area contributed by atoms with Crippen molar-refractivity contribution in [3.8, 4) is 0 Å². The van der Waals surface area contributed by atoms with Gasteiger partial charge in [0.2, 0.25) is 0 Å². The maximum absolute atomic E-state index is 12.9. The maximum atomic E-state index is 12.9. The van der Waals surface area contributed by atoms with Gasteiger partial charge in [0.15, 0.2) is 0 Å². The van der Waals surface area contributed by atoms with Gasteiger partial charge >= 0.3 is 0 Å². The Bertz CT molecular complexity index is 1270. The molecular formula is C27H27N5O4. The molecule has 9 nitrogen and oxygen atoms in total. The molecule has 0 aliphatic heterocycles. The number of hydrogen-bond donors (Lipinski definition) is 2. The van der Waals surface area contributed by atoms with Crippen molar-refractivity contribution in [3.63, 3.8) is 0 Å². The summed E-state index contributed by atoms with van der Waals surface area (Å²) in [4.78, 5) is 38.4. The Morgan fingerprint density at radius 2 is 1.64 bits per heavy atom. The average Bonchev–Trinajstić information content (AvgIpc) is 2.90. The van der Waals surface area contributed by atoms with E-state index in [4.69, 9.17) is 0 Å². The fourth-order valence-electron chi connectivity index (χ4n) is 3.42. The van der Waals surface area contributed by atoms with Gasteiger partial charge in [-0.2, -0.15) is 5.10 Å². The molecule has 0 unspecified atom stereocenters. The fourth-order valence-corrected chi connectivity index (χ4v) is 3.42. The number of carbonyl (C=O) groups excluding carboxylic acids is 2. The molecule has 3 aromatic rings. The highest BCUT2D eigenvalue weighted by Crippen LogP contribution is 2.16. The van der Waals surface area contributed by atoms with E-state index in [0.717, 1.165) is 24.3 Å². The molecule has 0 spiro atoms. The molecule has 0 atom stereocenters. The van der Waals surface area contributed by atoms with Crippen molar-refractivity contribution in [1.29, 1.82) is 0 Å². The van der Waals surface area contributed by atoms with Crippen molar-refractivity contribution < 1.29 is 14.5 Å². The van der Waals surface area contributed by atoms with Crippen LogP contribution in [0.5, 0.6) is 0 Å². The molecule has 0 heterocycles. The van der Waals surface area contributed by atoms with E-state index in [1.54, 1.807) is 36.4 Å². The first-order valence-corrected chi connectivity index (χ1v) is 11.4. The van der Waals surface area contributed by atoms with Gasteiger partial charge in [0, 0.05) is 36.5 Å². The van der Waals surface area contributed by atoms with Gasteiger partial charge in [0.05, 0.1) is 11.1 Å². The third kappa shape index (κ3) is 7.10. The van der Waals surface area contributed by atoms with Crippen molar-refractivity contribution in [2.24, 2.45) is 5.10 Å². The van der Waals surface area contributed by atoms with Gasteiger partial charge in [-0.15, -0.1) is 0 Å². The third-order valence-electron chi connectivity index (χ3n) is 5.32. The van der Waals surface area contributed by atoms with Crippen LogP contribution in [0.4, 0.5) is 11.4 Å². The van der Waals surface area contributed by atoms with Crippen LogP contribution in [0.1, 0.15) is 35.3 Å². The first-order valence-electron chi connectivity index (χ1n) is 11.4. The molecule has 36 heavy (non-hydrogen) atoms. The maximum Gasteiger partial charge on any atom is 0.287 e. The third-order valence-corrected chi connectivity index (χ3v) is 5.32. The van der Waals surface area contributed by atoms with Crippen molar-refractivity contribution >= 4 is 35.5 Å². The van der Waals surface area contributed by atoms with Crippen LogP contribution in [0, 0.1) is 10.1 Å². The van der Waals surface area contributed by atoms with Crippen LogP contribution < -0.4 is 15.6 Å². The fraction of sp³-hybridized carbons (Fsp3) is 0.148. The highest BCUT2D eigenvalue weighted by molar-refractivity contribution is 6.05. The first kappa shape index (κ1) is 25.8. The Morgan fingerprint density at radius 1 is 0.944 bits per heavy atom. The van der Waals surface area contributed by atoms with E-state index in [9.17, 15) is 19.7 Å². The van der Waals surface area contributed by atoms with Crippen molar-refractivity contribution in [2.75, 3.05) is 18.0 Å². The summed E-state index contributed by atoms with van der Waals surface area (Å²) in [6.45, 7) is 5.97. The van der Waals surface area contributed by atoms with Gasteiger partial charge < -0.3 is 10.2 Å². The minimum Gasteiger partial charge on any atom is -0.372 e. The van der Waals surface area contributed by atoms with Crippen LogP contribution in [-0.2, 0) is 4.79 Å². The van der Waals surface area contributed by atoms with E-state index in [0.29, 0.717) is 11.1 Å². The zero-order valence-corrected chi connectivity index (χ0v) is 20.0. The van der Waals surface area contributed by atoms with Crippen molar-refractivity contribution in [2.45, 2.75) is 13.8 Å². The highest BCUT2D eigenvalue weighted by Gasteiger charge is 2.15. The Kier molecular flexibility index (Phi) is 9.05. The van der Waals surface area contributed by atoms with Crippen molar-refractivity contribution in [3.05, 3.63) is 111 Å². The summed E-state index contributed by atoms with van der Waals surface area (Å²) >= 11 is 0. The van der Waals surface area contributed by atoms with Crippen molar-refractivity contribution in [1.82, 2.24) is 10.7 Å². The smallest absolute Gasteiger partial charge is 0.287 e. The number of hydrogen-bond acceptors (Lipinski definition) is 6. The van der Waals surface area contributed by atoms with Gasteiger partial charge in [-0.05, 0) is 55.3 Å². The van der Waals surface area contributed by atoms with E-state index < -0.39 is 16.7 Å². The second-order valence-electron chi connectivity index (χ2n) is 7.69. The Balaban J connectivity index is 1.79. The predicted molar refractivity (Wildman–Crippen MR) is 141 cm³/mol. The molecule has 0 aromatic heterocycles. The first-order chi connectivity index (χ1) is 17.4. The van der Waals surface area contributed by atoms with Crippen LogP contribution in [0.15, 0.2) is 89.7 Å². The summed E-state index contributed by atoms with van der Waals surface area (Å²) in [6.07, 6.45) is 2.85. The van der Waals surface area contributed by atoms with Gasteiger partial charge in [0.25, 0.3) is 17.5 Å². The Labute approximate surface area is 209 Å². The summed E-state index contributed by atoms with van der Waals surface area (Å²) in [6, 6.07) is 21.9. The van der Waals surface area contributed by atoms with Crippen LogP contribution in [-0.4, -0.2) is 36.0 Å². The van der Waals surface area contributed by atoms with Gasteiger partial charge in [0.1, 0.15) is 5.70 Å². The molecule has 9 heteroatoms. The number of non-ortho nitro benzene ring substituents is 1. The monoisotopic (exact) mass is 485 g/mol. The molecule has 2 amide bonds. The average molecular weight is 486 g/mol. The number of nitrogens with zero attached hydrogens (tertiary/aromatic N) is 3. The van der Waals surface area contributed by atoms with E-state index in [-0.39, 0.29) is 11.4 Å². The number of nitro benzene ring substituents is 1. The topological polar surface area (TPSA) is 117 Å². The van der Waals surface area contributed by atoms with Gasteiger partial charge in [-0.1, -0.05) is 42.5 Å². The Hall–Kier alpha value is -4.79. The quantitative estimate of drug-likeness (QED) is 0.191. The van der Waals surface area contributed by atoms with Crippen LogP contribution >= 0.6 is 0 Å². The lowest BCUT2D eigenvalue weighted by atomic mass is 10.1. The zero-order valence-electron chi connectivity index (χ0n) is 20.0. The number of rotatable bonds is 10. The van der Waals surface area contributed by atoms with Gasteiger partial charge in [-0.25, -0.2) is 5.43 Å². The lowest BCUT2D eigenvalue weighted by Gasteiger charge is -2.20. The highest BCUT2D eigenvalue weighted by atomic mass is 16.6. The lowest BCUT2D eigenvalue weighted by molar-refractivity contribution is -0.384. The molecule has 0 aliphatic carbocycles. The van der Waals surface area contributed by atoms with E-state index in [1.807, 2.05) is 24.3 Å². The summed E-state index contributed by atoms with van der Waals surface area (Å²) in [5.74, 6) is -1.18. The SMILES string of the molecule is CCN(CC)c1ccc(/C=N/NC(=O)/C(=C/c2cccc([N+](=O)[O-])c2)NC(=O)c2ccccc2)cc1. The summed E-state index contributed by atoms with van der Waals surface area (Å²) in [5.41, 5.74) is 4.76. The molecular weight excluding hydrogens is 458 g/mol. The molecule has 0 radical (unpaired) electrons. The number of anilines is 1. The lowest BCUT2D eigenvalue weighted by Crippen LogP contribution is -2.32. The largest absolute Gasteiger partial charge is 0.372 e. The van der Waals surface area contributed by atoms with E-state index >= 15 is 0 Å². The minimum atomic E-state index is -0.679. The van der Waals surface area contributed by atoms with Gasteiger partial charge in [-0.3, -0.25) is 19.7 Å². The molecule has 0 aliphatic rings. The molecule has 3 rings (SSSR count). The molecule has 2 N–H and O–H groups in total. The molecule has 3 aromatic carbocycles. The second kappa shape index (κ2) is 12.6. The Morgan fingerprint density at radius 3 is 2.28 bits per heavy atom. The number of carbonyl (C=O) groups is 2. The summed E-state index contributed by atoms with van der Waals surface area (Å²) in [5, 5.41) is 17.7. The molecule has 0 saturated heterocycles. The van der Waals surface area contributed by atoms with Crippen LogP contribution in [0.25, 0.3) is 6.08 Å². The van der Waals surface area contributed by atoms with E-state index in [2.05, 4.69) is 34.6 Å². The standard InChI is InChI=1S/C27H27N5O4/c1-3-31(4-2)23-15-13-20(14-16-23)19-28-30-27(34)25(29-26(33)22-10-6-5-7-11-22)18-21-9-8-12-24(17-21)32(35)36/h5-19H,3-4H2,1-2H3,(H,29,33)(H,30,34)/b25-18-,28-19+. The summed E-state index contributed by atoms with van der Waals surface area (Å²) in [7, 11) is 0. The van der Waals surface area contributed by atoms with E-state index in [1.165, 1.54) is 30.5 Å². The number of benzene rings is 3. The van der Waals surface area contributed by atoms with Crippen LogP contribution in [0.3, 0.4) is 0 Å². The van der Waals surface area contributed by atoms with Crippen LogP contribution in [0.2, 0.25) is 0 Å². The predicted octanol–water partition coefficient (Wildman–Crippen LogP) is 4.36. The number of hydrazone groups is 1. The minimum absolute atomic E-state index is 0.113. The normalized spacial score (nSPS) is 11.2. The summed E-state index contributed by atoms with van der Waals surface area (Å²) < 4.78 is 0. The zero-order chi connectivity index (χ0) is 25.9.